The fourth-order valence-corrected chi connectivity index (χ4v) is 2.36. The third kappa shape index (κ3) is 2.95. The number of nitrogens with zero attached hydrogens (tertiary/aromatic N) is 1. The lowest BCUT2D eigenvalue weighted by atomic mass is 9.85. The Labute approximate surface area is 91.8 Å². The summed E-state index contributed by atoms with van der Waals surface area (Å²) in [6, 6.07) is 4.54. The number of nitrogens with one attached hydrogen (secondary N) is 1. The highest BCUT2D eigenvalue weighted by atomic mass is 14.8. The summed E-state index contributed by atoms with van der Waals surface area (Å²) in [5.41, 5.74) is 1.11. The number of hydrogen-bond acceptors (Lipinski definition) is 1. The normalized spacial score (nSPS) is 20.9. The Morgan fingerprint density at radius 1 is 1.40 bits per heavy atom. The lowest BCUT2D eigenvalue weighted by Gasteiger charge is -2.24. The van der Waals surface area contributed by atoms with Crippen LogP contribution in [0, 0.1) is 5.92 Å². The van der Waals surface area contributed by atoms with Crippen molar-refractivity contribution in [3.63, 3.8) is 0 Å². The Bertz CT molecular complexity index is 294. The summed E-state index contributed by atoms with van der Waals surface area (Å²) in [6.07, 6.45) is 10.8. The van der Waals surface area contributed by atoms with Gasteiger partial charge in [0.1, 0.15) is 0 Å². The molecule has 0 amide bonds. The van der Waals surface area contributed by atoms with Crippen LogP contribution in [0.1, 0.15) is 44.7 Å². The van der Waals surface area contributed by atoms with E-state index in [1.165, 1.54) is 32.1 Å². The van der Waals surface area contributed by atoms with Crippen molar-refractivity contribution >= 4 is 6.21 Å². The van der Waals surface area contributed by atoms with Crippen molar-refractivity contribution in [1.29, 1.82) is 0 Å². The van der Waals surface area contributed by atoms with Gasteiger partial charge in [0.05, 0.1) is 11.7 Å². The molecule has 1 N–H and O–H groups in total. The maximum absolute atomic E-state index is 4.63. The van der Waals surface area contributed by atoms with E-state index in [2.05, 4.69) is 23.0 Å². The molecule has 1 aliphatic rings. The van der Waals surface area contributed by atoms with Crippen LogP contribution in [0.15, 0.2) is 23.3 Å². The van der Waals surface area contributed by atoms with Crippen molar-refractivity contribution in [2.45, 2.75) is 45.1 Å². The molecule has 1 aromatic rings. The van der Waals surface area contributed by atoms with Gasteiger partial charge in [-0.1, -0.05) is 19.3 Å². The topological polar surface area (TPSA) is 28.1 Å². The summed E-state index contributed by atoms with van der Waals surface area (Å²) >= 11 is 0. The van der Waals surface area contributed by atoms with Gasteiger partial charge in [0.15, 0.2) is 0 Å². The summed E-state index contributed by atoms with van der Waals surface area (Å²) in [5, 5.41) is 0. The van der Waals surface area contributed by atoms with E-state index in [0.717, 1.165) is 11.6 Å². The molecule has 0 aromatic carbocycles. The van der Waals surface area contributed by atoms with Gasteiger partial charge in [-0.25, -0.2) is 0 Å². The van der Waals surface area contributed by atoms with Crippen molar-refractivity contribution in [2.24, 2.45) is 10.9 Å². The van der Waals surface area contributed by atoms with Gasteiger partial charge in [0.2, 0.25) is 0 Å². The zero-order chi connectivity index (χ0) is 10.5. The summed E-state index contributed by atoms with van der Waals surface area (Å²) in [4.78, 5) is 7.78. The van der Waals surface area contributed by atoms with E-state index in [1.54, 1.807) is 0 Å². The largest absolute Gasteiger partial charge is 0.360 e. The minimum Gasteiger partial charge on any atom is -0.360 e. The number of aliphatic imine (C=N–C) groups is 1. The molecule has 0 unspecified atom stereocenters. The van der Waals surface area contributed by atoms with Gasteiger partial charge in [-0.15, -0.1) is 0 Å². The smallest absolute Gasteiger partial charge is 0.0561 e. The molecule has 2 nitrogen and oxygen atoms in total. The summed E-state index contributed by atoms with van der Waals surface area (Å²) in [6.45, 7) is 2.25. The molecule has 0 spiro atoms. The standard InChI is InChI=1S/C13H20N2/c1-11(12-6-3-2-4-7-12)15-10-13-8-5-9-14-13/h5,8-12,14H,2-4,6-7H2,1H3/t11-/m1/s1. The molecule has 15 heavy (non-hydrogen) atoms. The summed E-state index contributed by atoms with van der Waals surface area (Å²) in [7, 11) is 0. The lowest BCUT2D eigenvalue weighted by Crippen LogP contribution is -2.18. The summed E-state index contributed by atoms with van der Waals surface area (Å²) < 4.78 is 0. The molecular weight excluding hydrogens is 184 g/mol. The molecule has 1 heterocycles. The van der Waals surface area contributed by atoms with Crippen molar-refractivity contribution in [2.75, 3.05) is 0 Å². The predicted octanol–water partition coefficient (Wildman–Crippen LogP) is 3.40. The Hall–Kier alpha value is -1.05. The Balaban J connectivity index is 1.87. The van der Waals surface area contributed by atoms with Crippen LogP contribution in [0.25, 0.3) is 0 Å². The third-order valence-corrected chi connectivity index (χ3v) is 3.40. The number of rotatable bonds is 3. The maximum Gasteiger partial charge on any atom is 0.0561 e. The fraction of sp³-hybridized carbons (Fsp3) is 0.615. The van der Waals surface area contributed by atoms with Gasteiger partial charge in [-0.05, 0) is 37.8 Å². The zero-order valence-corrected chi connectivity index (χ0v) is 9.45. The highest BCUT2D eigenvalue weighted by Crippen LogP contribution is 2.27. The molecule has 1 aromatic heterocycles. The van der Waals surface area contributed by atoms with Crippen molar-refractivity contribution in [3.05, 3.63) is 24.0 Å². The van der Waals surface area contributed by atoms with Gasteiger partial charge < -0.3 is 4.98 Å². The van der Waals surface area contributed by atoms with Gasteiger partial charge in [0.25, 0.3) is 0 Å². The van der Waals surface area contributed by atoms with Gasteiger partial charge in [0, 0.05) is 12.4 Å². The van der Waals surface area contributed by atoms with E-state index < -0.39 is 0 Å². The Morgan fingerprint density at radius 2 is 2.20 bits per heavy atom. The van der Waals surface area contributed by atoms with Crippen molar-refractivity contribution in [1.82, 2.24) is 4.98 Å². The first-order chi connectivity index (χ1) is 7.36. The highest BCUT2D eigenvalue weighted by molar-refractivity contribution is 5.77. The van der Waals surface area contributed by atoms with E-state index in [-0.39, 0.29) is 0 Å². The van der Waals surface area contributed by atoms with Crippen LogP contribution in [0.3, 0.4) is 0 Å². The molecule has 82 valence electrons. The molecule has 0 bridgehead atoms. The number of aromatic amines is 1. The fourth-order valence-electron chi connectivity index (χ4n) is 2.36. The molecule has 0 saturated heterocycles. The maximum atomic E-state index is 4.63. The number of hydrogen-bond donors (Lipinski definition) is 1. The zero-order valence-electron chi connectivity index (χ0n) is 9.45. The minimum atomic E-state index is 0.480. The van der Waals surface area contributed by atoms with Crippen LogP contribution in [-0.4, -0.2) is 17.2 Å². The second-order valence-corrected chi connectivity index (χ2v) is 4.54. The average Bonchev–Trinajstić information content (AvgIpc) is 2.80. The van der Waals surface area contributed by atoms with Crippen LogP contribution in [0.5, 0.6) is 0 Å². The van der Waals surface area contributed by atoms with E-state index in [0.29, 0.717) is 6.04 Å². The van der Waals surface area contributed by atoms with Crippen molar-refractivity contribution in [3.8, 4) is 0 Å². The SMILES string of the molecule is C[C@@H](N=Cc1ccc[nH]1)C1CCCCC1. The molecule has 0 radical (unpaired) electrons. The first-order valence-electron chi connectivity index (χ1n) is 6.03. The molecular formula is C13H20N2. The molecule has 0 aliphatic heterocycles. The average molecular weight is 204 g/mol. The van der Waals surface area contributed by atoms with E-state index in [4.69, 9.17) is 0 Å². The first-order valence-corrected chi connectivity index (χ1v) is 6.03. The monoisotopic (exact) mass is 204 g/mol. The lowest BCUT2D eigenvalue weighted by molar-refractivity contribution is 0.318. The minimum absolute atomic E-state index is 0.480. The van der Waals surface area contributed by atoms with Crippen LogP contribution in [0.2, 0.25) is 0 Å². The van der Waals surface area contributed by atoms with Crippen LogP contribution < -0.4 is 0 Å². The van der Waals surface area contributed by atoms with E-state index >= 15 is 0 Å². The van der Waals surface area contributed by atoms with E-state index in [9.17, 15) is 0 Å². The van der Waals surface area contributed by atoms with Crippen molar-refractivity contribution < 1.29 is 0 Å². The molecule has 2 heteroatoms. The number of aromatic nitrogens is 1. The molecule has 1 saturated carbocycles. The van der Waals surface area contributed by atoms with Crippen LogP contribution in [-0.2, 0) is 0 Å². The molecule has 1 fully saturated rings. The molecule has 2 rings (SSSR count). The van der Waals surface area contributed by atoms with Gasteiger partial charge in [-0.3, -0.25) is 4.99 Å². The van der Waals surface area contributed by atoms with Crippen LogP contribution >= 0.6 is 0 Å². The second kappa shape index (κ2) is 5.15. The quantitative estimate of drug-likeness (QED) is 0.731. The van der Waals surface area contributed by atoms with Crippen LogP contribution in [0.4, 0.5) is 0 Å². The second-order valence-electron chi connectivity index (χ2n) is 4.54. The Kier molecular flexibility index (Phi) is 3.59. The first kappa shape index (κ1) is 10.5. The summed E-state index contributed by atoms with van der Waals surface area (Å²) in [5.74, 6) is 0.810. The highest BCUT2D eigenvalue weighted by Gasteiger charge is 2.18. The van der Waals surface area contributed by atoms with Gasteiger partial charge >= 0.3 is 0 Å². The predicted molar refractivity (Wildman–Crippen MR) is 64.4 cm³/mol. The third-order valence-electron chi connectivity index (χ3n) is 3.40. The Morgan fingerprint density at radius 3 is 2.87 bits per heavy atom. The van der Waals surface area contributed by atoms with Gasteiger partial charge in [-0.2, -0.15) is 0 Å². The number of H-pyrrole nitrogens is 1. The molecule has 1 atom stereocenters. The molecule has 1 aliphatic carbocycles. The van der Waals surface area contributed by atoms with E-state index in [1.807, 2.05) is 18.5 Å².